The number of aromatic nitrogens is 3. The van der Waals surface area contributed by atoms with E-state index >= 15 is 0 Å². The lowest BCUT2D eigenvalue weighted by molar-refractivity contribution is 0.847. The summed E-state index contributed by atoms with van der Waals surface area (Å²) in [6.45, 7) is 2.05. The number of thiazole rings is 1. The highest BCUT2D eigenvalue weighted by Crippen LogP contribution is 2.28. The first-order chi connectivity index (χ1) is 14.1. The number of nitrogens with one attached hydrogen (secondary N) is 1. The molecule has 0 spiro atoms. The Kier molecular flexibility index (Phi) is 5.39. The Bertz CT molecular complexity index is 1110. The summed E-state index contributed by atoms with van der Waals surface area (Å²) in [6.07, 6.45) is 3.65. The highest BCUT2D eigenvalue weighted by Gasteiger charge is 2.12. The molecular formula is C22H22N6S. The lowest BCUT2D eigenvalue weighted by atomic mass is 10.2. The highest BCUT2D eigenvalue weighted by atomic mass is 32.1. The molecule has 2 aromatic carbocycles. The van der Waals surface area contributed by atoms with Crippen LogP contribution < -0.4 is 10.3 Å². The number of hydrogen-bond donors (Lipinski definition) is 1. The minimum atomic E-state index is 0.744. The predicted molar refractivity (Wildman–Crippen MR) is 121 cm³/mol. The van der Waals surface area contributed by atoms with Crippen LogP contribution in [0.5, 0.6) is 0 Å². The van der Waals surface area contributed by atoms with Crippen LogP contribution in [-0.4, -0.2) is 35.1 Å². The Balaban J connectivity index is 1.46. The summed E-state index contributed by atoms with van der Waals surface area (Å²) < 4.78 is 1.93. The van der Waals surface area contributed by atoms with Crippen molar-refractivity contribution in [3.05, 3.63) is 77.4 Å². The van der Waals surface area contributed by atoms with E-state index in [1.165, 1.54) is 11.3 Å². The number of hydrazone groups is 1. The number of hydrogen-bond acceptors (Lipinski definition) is 6. The lowest BCUT2D eigenvalue weighted by Crippen LogP contribution is -2.08. The zero-order chi connectivity index (χ0) is 20.2. The topological polar surface area (TPSA) is 58.3 Å². The summed E-state index contributed by atoms with van der Waals surface area (Å²) in [5.74, 6) is 0. The van der Waals surface area contributed by atoms with Gasteiger partial charge in [-0.1, -0.05) is 30.3 Å². The Morgan fingerprint density at radius 1 is 1.07 bits per heavy atom. The van der Waals surface area contributed by atoms with Crippen molar-refractivity contribution in [3.63, 3.8) is 0 Å². The van der Waals surface area contributed by atoms with Gasteiger partial charge in [-0.05, 0) is 36.8 Å². The third-order valence-electron chi connectivity index (χ3n) is 4.57. The number of nitrogens with zero attached hydrogens (tertiary/aromatic N) is 5. The summed E-state index contributed by atoms with van der Waals surface area (Å²) in [4.78, 5) is 6.72. The van der Waals surface area contributed by atoms with Crippen molar-refractivity contribution >= 4 is 28.4 Å². The fourth-order valence-electron chi connectivity index (χ4n) is 2.96. The second-order valence-corrected chi connectivity index (χ2v) is 7.64. The summed E-state index contributed by atoms with van der Waals surface area (Å²) in [5.41, 5.74) is 9.20. The average molecular weight is 403 g/mol. The van der Waals surface area contributed by atoms with Crippen LogP contribution in [0.1, 0.15) is 11.3 Å². The van der Waals surface area contributed by atoms with E-state index < -0.39 is 0 Å². The number of rotatable bonds is 6. The van der Waals surface area contributed by atoms with E-state index in [1.807, 2.05) is 72.8 Å². The minimum Gasteiger partial charge on any atom is -0.378 e. The van der Waals surface area contributed by atoms with E-state index in [-0.39, 0.29) is 0 Å². The van der Waals surface area contributed by atoms with Gasteiger partial charge in [0.1, 0.15) is 0 Å². The van der Waals surface area contributed by atoms with Crippen molar-refractivity contribution in [2.45, 2.75) is 6.92 Å². The molecule has 0 aliphatic heterocycles. The van der Waals surface area contributed by atoms with Crippen LogP contribution in [-0.2, 0) is 0 Å². The number of benzene rings is 2. The molecule has 7 heteroatoms. The van der Waals surface area contributed by atoms with Gasteiger partial charge in [0.15, 0.2) is 0 Å². The highest BCUT2D eigenvalue weighted by molar-refractivity contribution is 7.14. The van der Waals surface area contributed by atoms with E-state index in [0.717, 1.165) is 39.0 Å². The Labute approximate surface area is 174 Å². The molecule has 6 nitrogen and oxygen atoms in total. The fraction of sp³-hybridized carbons (Fsp3) is 0.136. The molecule has 0 radical (unpaired) electrons. The van der Waals surface area contributed by atoms with E-state index in [2.05, 4.69) is 44.6 Å². The molecule has 0 bridgehead atoms. The van der Waals surface area contributed by atoms with Crippen molar-refractivity contribution in [2.24, 2.45) is 5.10 Å². The van der Waals surface area contributed by atoms with Gasteiger partial charge in [0, 0.05) is 30.7 Å². The van der Waals surface area contributed by atoms with Crippen LogP contribution in [0.2, 0.25) is 0 Å². The van der Waals surface area contributed by atoms with Gasteiger partial charge in [0.25, 0.3) is 0 Å². The Morgan fingerprint density at radius 3 is 2.55 bits per heavy atom. The summed E-state index contributed by atoms with van der Waals surface area (Å²) in [7, 11) is 4.05. The zero-order valence-corrected chi connectivity index (χ0v) is 17.4. The zero-order valence-electron chi connectivity index (χ0n) is 16.6. The van der Waals surface area contributed by atoms with Crippen LogP contribution in [0.25, 0.3) is 16.9 Å². The number of anilines is 2. The molecule has 2 heterocycles. The first kappa shape index (κ1) is 18.9. The SMILES string of the molecule is Cc1c(-c2csc(N/N=C/c3ccc(N(C)C)cc3)n2)cnn1-c1ccccc1. The van der Waals surface area contributed by atoms with Crippen LogP contribution in [0, 0.1) is 6.92 Å². The van der Waals surface area contributed by atoms with Crippen molar-refractivity contribution in [1.29, 1.82) is 0 Å². The standard InChI is InChI=1S/C22H22N6S/c1-16-20(14-24-28(16)19-7-5-4-6-8-19)21-15-29-22(25-21)26-23-13-17-9-11-18(12-10-17)27(2)3/h4-15H,1-3H3,(H,25,26)/b23-13+. The summed E-state index contributed by atoms with van der Waals surface area (Å²) in [5, 5.41) is 11.6. The maximum Gasteiger partial charge on any atom is 0.203 e. The van der Waals surface area contributed by atoms with E-state index in [1.54, 1.807) is 6.21 Å². The second kappa shape index (κ2) is 8.28. The molecule has 2 aromatic heterocycles. The summed E-state index contributed by atoms with van der Waals surface area (Å²) >= 11 is 1.52. The van der Waals surface area contributed by atoms with Crippen molar-refractivity contribution in [3.8, 4) is 16.9 Å². The van der Waals surface area contributed by atoms with Gasteiger partial charge in [-0.2, -0.15) is 10.2 Å². The first-order valence-corrected chi connectivity index (χ1v) is 10.1. The van der Waals surface area contributed by atoms with E-state index in [0.29, 0.717) is 0 Å². The first-order valence-electron chi connectivity index (χ1n) is 9.24. The smallest absolute Gasteiger partial charge is 0.203 e. The van der Waals surface area contributed by atoms with Gasteiger partial charge < -0.3 is 4.90 Å². The molecule has 0 saturated heterocycles. The normalized spacial score (nSPS) is 11.1. The molecule has 146 valence electrons. The Hall–Kier alpha value is -3.45. The van der Waals surface area contributed by atoms with Crippen molar-refractivity contribution in [1.82, 2.24) is 14.8 Å². The maximum atomic E-state index is 4.65. The molecule has 29 heavy (non-hydrogen) atoms. The third kappa shape index (κ3) is 4.20. The van der Waals surface area contributed by atoms with Crippen LogP contribution in [0.4, 0.5) is 10.8 Å². The van der Waals surface area contributed by atoms with Gasteiger partial charge in [-0.25, -0.2) is 9.67 Å². The minimum absolute atomic E-state index is 0.744. The molecule has 1 N–H and O–H groups in total. The molecule has 0 fully saturated rings. The fourth-order valence-corrected chi connectivity index (χ4v) is 3.62. The second-order valence-electron chi connectivity index (χ2n) is 6.78. The van der Waals surface area contributed by atoms with Gasteiger partial charge in [0.2, 0.25) is 5.13 Å². The summed E-state index contributed by atoms with van der Waals surface area (Å²) in [6, 6.07) is 18.3. The lowest BCUT2D eigenvalue weighted by Gasteiger charge is -2.11. The maximum absolute atomic E-state index is 4.65. The van der Waals surface area contributed by atoms with Crippen molar-refractivity contribution in [2.75, 3.05) is 24.4 Å². The largest absolute Gasteiger partial charge is 0.378 e. The molecule has 0 amide bonds. The van der Waals surface area contributed by atoms with Crippen LogP contribution in [0.15, 0.2) is 71.3 Å². The molecule has 0 aliphatic carbocycles. The molecule has 0 saturated carbocycles. The van der Waals surface area contributed by atoms with Gasteiger partial charge in [-0.3, -0.25) is 5.43 Å². The molecule has 0 aliphatic rings. The van der Waals surface area contributed by atoms with E-state index in [9.17, 15) is 0 Å². The number of para-hydroxylation sites is 1. The molecule has 4 rings (SSSR count). The molecule has 0 unspecified atom stereocenters. The van der Waals surface area contributed by atoms with Gasteiger partial charge in [0.05, 0.1) is 29.5 Å². The van der Waals surface area contributed by atoms with Gasteiger partial charge >= 0.3 is 0 Å². The third-order valence-corrected chi connectivity index (χ3v) is 5.32. The van der Waals surface area contributed by atoms with Crippen LogP contribution >= 0.6 is 11.3 Å². The average Bonchev–Trinajstić information content (AvgIpc) is 3.35. The molecular weight excluding hydrogens is 380 g/mol. The van der Waals surface area contributed by atoms with Gasteiger partial charge in [-0.15, -0.1) is 11.3 Å². The predicted octanol–water partition coefficient (Wildman–Crippen LogP) is 4.82. The quantitative estimate of drug-likeness (QED) is 0.371. The monoisotopic (exact) mass is 402 g/mol. The van der Waals surface area contributed by atoms with Crippen molar-refractivity contribution < 1.29 is 0 Å². The Morgan fingerprint density at radius 2 is 1.83 bits per heavy atom. The molecule has 0 atom stereocenters. The van der Waals surface area contributed by atoms with Crippen LogP contribution in [0.3, 0.4) is 0 Å². The van der Waals surface area contributed by atoms with E-state index in [4.69, 9.17) is 0 Å². The molecule has 4 aromatic rings.